The van der Waals surface area contributed by atoms with Crippen molar-refractivity contribution < 1.29 is 0 Å². The molecular formula is C12H14N4. The largest absolute Gasteiger partial charge is 0.369 e. The molecule has 82 valence electrons. The number of aryl methyl sites for hydroxylation is 1. The third-order valence-corrected chi connectivity index (χ3v) is 2.32. The first-order valence-electron chi connectivity index (χ1n) is 5.30. The number of nitrogens with zero attached hydrogens (tertiary/aromatic N) is 3. The smallest absolute Gasteiger partial charge is 0.148 e. The van der Waals surface area contributed by atoms with Crippen LogP contribution >= 0.6 is 0 Å². The minimum Gasteiger partial charge on any atom is -0.369 e. The Balaban J connectivity index is 2.31. The standard InChI is InChI=1S/C12H14N4/c1-3-14-12-5-4-11(15-16-12)10-6-7-13-8-9(10)2/h4-8H,3H2,1-2H3,(H,14,16). The van der Waals surface area contributed by atoms with Gasteiger partial charge in [-0.15, -0.1) is 10.2 Å². The molecule has 0 spiro atoms. The number of rotatable bonds is 3. The fourth-order valence-electron chi connectivity index (χ4n) is 1.51. The number of anilines is 1. The van der Waals surface area contributed by atoms with E-state index in [1.807, 2.05) is 38.2 Å². The molecular weight excluding hydrogens is 200 g/mol. The summed E-state index contributed by atoms with van der Waals surface area (Å²) in [6, 6.07) is 5.85. The van der Waals surface area contributed by atoms with Crippen molar-refractivity contribution in [1.29, 1.82) is 0 Å². The molecule has 16 heavy (non-hydrogen) atoms. The maximum absolute atomic E-state index is 4.19. The van der Waals surface area contributed by atoms with Gasteiger partial charge >= 0.3 is 0 Å². The van der Waals surface area contributed by atoms with Gasteiger partial charge in [0.1, 0.15) is 5.82 Å². The van der Waals surface area contributed by atoms with Crippen molar-refractivity contribution in [2.24, 2.45) is 0 Å². The Hall–Kier alpha value is -1.97. The fraction of sp³-hybridized carbons (Fsp3) is 0.250. The van der Waals surface area contributed by atoms with Crippen LogP contribution < -0.4 is 5.32 Å². The minimum atomic E-state index is 0.804. The van der Waals surface area contributed by atoms with E-state index in [0.29, 0.717) is 0 Å². The van der Waals surface area contributed by atoms with Crippen molar-refractivity contribution in [2.75, 3.05) is 11.9 Å². The van der Waals surface area contributed by atoms with Gasteiger partial charge in [0.2, 0.25) is 0 Å². The van der Waals surface area contributed by atoms with Crippen molar-refractivity contribution in [3.05, 3.63) is 36.2 Å². The van der Waals surface area contributed by atoms with Gasteiger partial charge in [0.25, 0.3) is 0 Å². The lowest BCUT2D eigenvalue weighted by molar-refractivity contribution is 1.01. The third kappa shape index (κ3) is 2.16. The Kier molecular flexibility index (Phi) is 3.10. The molecule has 1 N–H and O–H groups in total. The van der Waals surface area contributed by atoms with Gasteiger partial charge in [0.05, 0.1) is 5.69 Å². The molecule has 0 amide bonds. The van der Waals surface area contributed by atoms with Gasteiger partial charge in [-0.25, -0.2) is 0 Å². The molecule has 0 saturated heterocycles. The molecule has 0 fully saturated rings. The van der Waals surface area contributed by atoms with E-state index in [2.05, 4.69) is 20.5 Å². The van der Waals surface area contributed by atoms with Crippen LogP contribution in [0, 0.1) is 6.92 Å². The lowest BCUT2D eigenvalue weighted by atomic mass is 10.1. The summed E-state index contributed by atoms with van der Waals surface area (Å²) in [4.78, 5) is 4.06. The lowest BCUT2D eigenvalue weighted by Crippen LogP contribution is -2.00. The molecule has 0 aliphatic carbocycles. The third-order valence-electron chi connectivity index (χ3n) is 2.32. The van der Waals surface area contributed by atoms with Crippen LogP contribution in [-0.2, 0) is 0 Å². The highest BCUT2D eigenvalue weighted by Gasteiger charge is 2.03. The predicted octanol–water partition coefficient (Wildman–Crippen LogP) is 2.28. The summed E-state index contributed by atoms with van der Waals surface area (Å²) in [5.41, 5.74) is 3.06. The highest BCUT2D eigenvalue weighted by molar-refractivity contribution is 5.62. The molecule has 0 radical (unpaired) electrons. The average Bonchev–Trinajstić information content (AvgIpc) is 2.31. The molecule has 4 nitrogen and oxygen atoms in total. The molecule has 2 rings (SSSR count). The maximum Gasteiger partial charge on any atom is 0.148 e. The highest BCUT2D eigenvalue weighted by atomic mass is 15.2. The molecule has 4 heteroatoms. The van der Waals surface area contributed by atoms with E-state index in [1.165, 1.54) is 0 Å². The SMILES string of the molecule is CCNc1ccc(-c2ccncc2C)nn1. The first-order valence-corrected chi connectivity index (χ1v) is 5.30. The number of pyridine rings is 1. The van der Waals surface area contributed by atoms with Crippen LogP contribution in [0.15, 0.2) is 30.6 Å². The van der Waals surface area contributed by atoms with Gasteiger partial charge in [0.15, 0.2) is 0 Å². The summed E-state index contributed by atoms with van der Waals surface area (Å²) < 4.78 is 0. The van der Waals surface area contributed by atoms with Crippen molar-refractivity contribution in [2.45, 2.75) is 13.8 Å². The Morgan fingerprint density at radius 3 is 2.69 bits per heavy atom. The van der Waals surface area contributed by atoms with Crippen LogP contribution in [-0.4, -0.2) is 21.7 Å². The van der Waals surface area contributed by atoms with E-state index in [-0.39, 0.29) is 0 Å². The zero-order valence-electron chi connectivity index (χ0n) is 9.44. The Morgan fingerprint density at radius 1 is 1.19 bits per heavy atom. The van der Waals surface area contributed by atoms with Crippen molar-refractivity contribution in [3.63, 3.8) is 0 Å². The van der Waals surface area contributed by atoms with Crippen molar-refractivity contribution in [1.82, 2.24) is 15.2 Å². The molecule has 0 atom stereocenters. The summed E-state index contributed by atoms with van der Waals surface area (Å²) in [6.07, 6.45) is 3.59. The van der Waals surface area contributed by atoms with Gasteiger partial charge in [-0.1, -0.05) is 0 Å². The minimum absolute atomic E-state index is 0.804. The average molecular weight is 214 g/mol. The lowest BCUT2D eigenvalue weighted by Gasteiger charge is -2.05. The van der Waals surface area contributed by atoms with Crippen LogP contribution in [0.4, 0.5) is 5.82 Å². The molecule has 0 bridgehead atoms. The Bertz CT molecular complexity index is 465. The van der Waals surface area contributed by atoms with E-state index in [9.17, 15) is 0 Å². The first kappa shape index (κ1) is 10.5. The molecule has 0 aromatic carbocycles. The second kappa shape index (κ2) is 4.70. The van der Waals surface area contributed by atoms with Gasteiger partial charge in [-0.2, -0.15) is 0 Å². The van der Waals surface area contributed by atoms with Crippen molar-refractivity contribution in [3.8, 4) is 11.3 Å². The first-order chi connectivity index (χ1) is 7.81. The number of nitrogens with one attached hydrogen (secondary N) is 1. The fourth-order valence-corrected chi connectivity index (χ4v) is 1.51. The molecule has 2 heterocycles. The van der Waals surface area contributed by atoms with E-state index in [1.54, 1.807) is 6.20 Å². The van der Waals surface area contributed by atoms with Crippen LogP contribution in [0.25, 0.3) is 11.3 Å². The van der Waals surface area contributed by atoms with E-state index in [0.717, 1.165) is 29.2 Å². The second-order valence-electron chi connectivity index (χ2n) is 3.52. The van der Waals surface area contributed by atoms with Gasteiger partial charge in [-0.05, 0) is 37.6 Å². The molecule has 2 aromatic rings. The van der Waals surface area contributed by atoms with Gasteiger partial charge < -0.3 is 5.32 Å². The van der Waals surface area contributed by atoms with Crippen molar-refractivity contribution >= 4 is 5.82 Å². The quantitative estimate of drug-likeness (QED) is 0.851. The number of hydrogen-bond donors (Lipinski definition) is 1. The van der Waals surface area contributed by atoms with Gasteiger partial charge in [-0.3, -0.25) is 4.98 Å². The van der Waals surface area contributed by atoms with E-state index in [4.69, 9.17) is 0 Å². The topological polar surface area (TPSA) is 50.7 Å². The molecule has 0 aliphatic heterocycles. The summed E-state index contributed by atoms with van der Waals surface area (Å²) >= 11 is 0. The van der Waals surface area contributed by atoms with Crippen LogP contribution in [0.1, 0.15) is 12.5 Å². The summed E-state index contributed by atoms with van der Waals surface area (Å²) in [6.45, 7) is 4.90. The molecule has 0 aliphatic rings. The van der Waals surface area contributed by atoms with Gasteiger partial charge in [0, 0.05) is 24.5 Å². The number of aromatic nitrogens is 3. The summed E-state index contributed by atoms with van der Waals surface area (Å²) in [5, 5.41) is 11.4. The highest BCUT2D eigenvalue weighted by Crippen LogP contribution is 2.19. The summed E-state index contributed by atoms with van der Waals surface area (Å²) in [7, 11) is 0. The zero-order chi connectivity index (χ0) is 11.4. The maximum atomic E-state index is 4.19. The normalized spacial score (nSPS) is 10.1. The van der Waals surface area contributed by atoms with Crippen LogP contribution in [0.2, 0.25) is 0 Å². The monoisotopic (exact) mass is 214 g/mol. The van der Waals surface area contributed by atoms with E-state index < -0.39 is 0 Å². The summed E-state index contributed by atoms with van der Waals surface area (Å²) in [5.74, 6) is 0.804. The zero-order valence-corrected chi connectivity index (χ0v) is 9.44. The van der Waals surface area contributed by atoms with E-state index >= 15 is 0 Å². The molecule has 0 saturated carbocycles. The molecule has 0 unspecified atom stereocenters. The Morgan fingerprint density at radius 2 is 2.06 bits per heavy atom. The van der Waals surface area contributed by atoms with Crippen LogP contribution in [0.5, 0.6) is 0 Å². The molecule has 2 aromatic heterocycles. The Labute approximate surface area is 94.8 Å². The number of hydrogen-bond acceptors (Lipinski definition) is 4. The van der Waals surface area contributed by atoms with Crippen LogP contribution in [0.3, 0.4) is 0 Å². The predicted molar refractivity (Wildman–Crippen MR) is 64.2 cm³/mol. The second-order valence-corrected chi connectivity index (χ2v) is 3.52.